The van der Waals surface area contributed by atoms with E-state index in [1.54, 1.807) is 0 Å². The van der Waals surface area contributed by atoms with Gasteiger partial charge in [-0.3, -0.25) is 4.79 Å². The monoisotopic (exact) mass is 366 g/mol. The number of ether oxygens (including phenoxy) is 1. The molecule has 0 amide bonds. The summed E-state index contributed by atoms with van der Waals surface area (Å²) in [5.74, 6) is 2.07. The van der Waals surface area contributed by atoms with Gasteiger partial charge in [-0.2, -0.15) is 0 Å². The Kier molecular flexibility index (Phi) is 5.70. The summed E-state index contributed by atoms with van der Waals surface area (Å²) in [6, 6.07) is 0. The molecule has 0 bridgehead atoms. The molecule has 2 aliphatic carbocycles. The molecule has 0 N–H and O–H groups in total. The number of hydrogen-bond donors (Lipinski definition) is 0. The number of fused-ring (bicyclic) bond motifs is 1. The molecule has 3 fully saturated rings. The molecule has 3 rings (SSSR count). The van der Waals surface area contributed by atoms with Crippen molar-refractivity contribution in [1.29, 1.82) is 0 Å². The third kappa shape index (κ3) is 4.00. The van der Waals surface area contributed by atoms with Crippen LogP contribution in [-0.4, -0.2) is 27.0 Å². The zero-order valence-corrected chi connectivity index (χ0v) is 18.0. The lowest BCUT2D eigenvalue weighted by molar-refractivity contribution is -0.167. The maximum Gasteiger partial charge on any atom is 0.311 e. The normalized spacial score (nSPS) is 37.3. The minimum atomic E-state index is -1.88. The van der Waals surface area contributed by atoms with E-state index in [1.165, 1.54) is 44.9 Å². The topological polar surface area (TPSA) is 35.5 Å². The third-order valence-corrected chi connectivity index (χ3v) is 12.2. The van der Waals surface area contributed by atoms with E-state index >= 15 is 0 Å². The molecule has 0 spiro atoms. The number of esters is 1. The zero-order valence-electron chi connectivity index (χ0n) is 17.0. The molecule has 1 aliphatic heterocycles. The van der Waals surface area contributed by atoms with E-state index in [0.717, 1.165) is 18.3 Å². The molecular formula is C21H38O3Si. The van der Waals surface area contributed by atoms with Gasteiger partial charge in [0.2, 0.25) is 0 Å². The molecule has 0 aromatic carbocycles. The average molecular weight is 367 g/mol. The Labute approximate surface area is 155 Å². The molecule has 3 aliphatic rings. The van der Waals surface area contributed by atoms with E-state index < -0.39 is 8.32 Å². The average Bonchev–Trinajstić information content (AvgIpc) is 2.53. The Balaban J connectivity index is 1.81. The van der Waals surface area contributed by atoms with Crippen LogP contribution in [0.4, 0.5) is 0 Å². The van der Waals surface area contributed by atoms with Gasteiger partial charge in [0.05, 0.1) is 18.6 Å². The van der Waals surface area contributed by atoms with E-state index in [4.69, 9.17) is 9.16 Å². The molecule has 2 unspecified atom stereocenters. The molecule has 0 aromatic heterocycles. The molecule has 5 atom stereocenters. The predicted molar refractivity (Wildman–Crippen MR) is 104 cm³/mol. The molecule has 3 nitrogen and oxygen atoms in total. The number of rotatable bonds is 3. The molecule has 144 valence electrons. The molecule has 0 radical (unpaired) electrons. The number of carbonyl (C=O) groups is 1. The van der Waals surface area contributed by atoms with Crippen LogP contribution in [0.5, 0.6) is 0 Å². The molecule has 2 saturated carbocycles. The van der Waals surface area contributed by atoms with Gasteiger partial charge in [0.25, 0.3) is 0 Å². The first kappa shape index (κ1) is 19.4. The lowest BCUT2D eigenvalue weighted by atomic mass is 9.61. The lowest BCUT2D eigenvalue weighted by Crippen LogP contribution is -2.53. The van der Waals surface area contributed by atoms with Crippen molar-refractivity contribution in [3.8, 4) is 0 Å². The first-order valence-electron chi connectivity index (χ1n) is 10.5. The highest BCUT2D eigenvalue weighted by molar-refractivity contribution is 6.74. The molecule has 4 heteroatoms. The Bertz CT molecular complexity index is 480. The fourth-order valence-electron chi connectivity index (χ4n) is 5.28. The van der Waals surface area contributed by atoms with Crippen molar-refractivity contribution in [2.24, 2.45) is 23.7 Å². The summed E-state index contributed by atoms with van der Waals surface area (Å²) in [4.78, 5) is 12.8. The summed E-state index contributed by atoms with van der Waals surface area (Å²) in [6.07, 6.45) is 10.2. The summed E-state index contributed by atoms with van der Waals surface area (Å²) in [5.41, 5.74) is 0. The van der Waals surface area contributed by atoms with Gasteiger partial charge in [0.15, 0.2) is 8.32 Å². The number of cyclic esters (lactones) is 1. The van der Waals surface area contributed by atoms with E-state index in [9.17, 15) is 4.79 Å². The van der Waals surface area contributed by atoms with Gasteiger partial charge in [0, 0.05) is 6.42 Å². The largest absolute Gasteiger partial charge is 0.465 e. The second kappa shape index (κ2) is 7.34. The van der Waals surface area contributed by atoms with Crippen LogP contribution >= 0.6 is 0 Å². The Morgan fingerprint density at radius 1 is 0.960 bits per heavy atom. The van der Waals surface area contributed by atoms with Gasteiger partial charge < -0.3 is 9.16 Å². The summed E-state index contributed by atoms with van der Waals surface area (Å²) >= 11 is 0. The van der Waals surface area contributed by atoms with Gasteiger partial charge in [-0.25, -0.2) is 0 Å². The van der Waals surface area contributed by atoms with Crippen LogP contribution in [0.2, 0.25) is 18.1 Å². The van der Waals surface area contributed by atoms with Crippen LogP contribution in [0, 0.1) is 23.7 Å². The first-order valence-corrected chi connectivity index (χ1v) is 13.5. The van der Waals surface area contributed by atoms with Crippen molar-refractivity contribution in [2.75, 3.05) is 6.61 Å². The van der Waals surface area contributed by atoms with Gasteiger partial charge in [-0.05, 0) is 48.7 Å². The van der Waals surface area contributed by atoms with Crippen molar-refractivity contribution in [3.05, 3.63) is 0 Å². The lowest BCUT2D eigenvalue weighted by Gasteiger charge is -2.49. The minimum Gasteiger partial charge on any atom is -0.465 e. The highest BCUT2D eigenvalue weighted by Gasteiger charge is 2.49. The standard InChI is InChI=1S/C21H38O3Si/c1-21(2,3)25(4,5)24-18-13-14-23-20(22)19(18)17-12-8-10-15-9-6-7-11-16(15)17/h15-19H,6-14H2,1-5H3/t15-,16-,17?,18+,19?/m0/s1. The summed E-state index contributed by atoms with van der Waals surface area (Å²) in [5, 5.41) is 0.179. The first-order chi connectivity index (χ1) is 11.7. The van der Waals surface area contributed by atoms with Gasteiger partial charge in [-0.1, -0.05) is 52.9 Å². The van der Waals surface area contributed by atoms with Crippen LogP contribution < -0.4 is 0 Å². The number of hydrogen-bond acceptors (Lipinski definition) is 3. The molecule has 1 saturated heterocycles. The van der Waals surface area contributed by atoms with Crippen molar-refractivity contribution in [1.82, 2.24) is 0 Å². The fraction of sp³-hybridized carbons (Fsp3) is 0.952. The SMILES string of the molecule is CC(C)(C)[Si](C)(C)O[C@@H]1CCOC(=O)C1C1CCC[C@@H]2CCCC[C@H]12. The number of carbonyl (C=O) groups excluding carboxylic acids is 1. The quantitative estimate of drug-likeness (QED) is 0.485. The van der Waals surface area contributed by atoms with Crippen LogP contribution in [0.1, 0.15) is 72.1 Å². The van der Waals surface area contributed by atoms with E-state index in [2.05, 4.69) is 33.9 Å². The Hall–Kier alpha value is -0.353. The van der Waals surface area contributed by atoms with E-state index in [0.29, 0.717) is 12.5 Å². The Morgan fingerprint density at radius 2 is 1.60 bits per heavy atom. The van der Waals surface area contributed by atoms with Crippen LogP contribution in [0.15, 0.2) is 0 Å². The van der Waals surface area contributed by atoms with Crippen molar-refractivity contribution in [3.63, 3.8) is 0 Å². The predicted octanol–water partition coefficient (Wildman–Crippen LogP) is 5.55. The zero-order chi connectivity index (χ0) is 18.2. The van der Waals surface area contributed by atoms with Crippen LogP contribution in [0.25, 0.3) is 0 Å². The Morgan fingerprint density at radius 3 is 2.32 bits per heavy atom. The molecule has 1 heterocycles. The summed E-state index contributed by atoms with van der Waals surface area (Å²) < 4.78 is 12.3. The van der Waals surface area contributed by atoms with Crippen LogP contribution in [0.3, 0.4) is 0 Å². The maximum atomic E-state index is 12.8. The second-order valence-electron chi connectivity index (χ2n) is 10.2. The smallest absolute Gasteiger partial charge is 0.311 e. The fourth-order valence-corrected chi connectivity index (χ4v) is 6.65. The van der Waals surface area contributed by atoms with Crippen molar-refractivity contribution in [2.45, 2.75) is 96.4 Å². The molecule has 0 aromatic rings. The third-order valence-electron chi connectivity index (χ3n) is 7.66. The molecular weight excluding hydrogens is 328 g/mol. The second-order valence-corrected chi connectivity index (χ2v) is 15.0. The molecule has 25 heavy (non-hydrogen) atoms. The van der Waals surface area contributed by atoms with E-state index in [-0.39, 0.29) is 23.0 Å². The van der Waals surface area contributed by atoms with E-state index in [1.807, 2.05) is 0 Å². The minimum absolute atomic E-state index is 0.0197. The van der Waals surface area contributed by atoms with Crippen molar-refractivity contribution < 1.29 is 14.0 Å². The van der Waals surface area contributed by atoms with Crippen LogP contribution in [-0.2, 0) is 14.0 Å². The van der Waals surface area contributed by atoms with Gasteiger partial charge in [-0.15, -0.1) is 0 Å². The summed E-state index contributed by atoms with van der Waals surface area (Å²) in [7, 11) is -1.88. The maximum absolute atomic E-state index is 12.8. The highest BCUT2D eigenvalue weighted by atomic mass is 28.4. The highest BCUT2D eigenvalue weighted by Crippen LogP contribution is 2.49. The van der Waals surface area contributed by atoms with Crippen molar-refractivity contribution >= 4 is 14.3 Å². The van der Waals surface area contributed by atoms with Gasteiger partial charge >= 0.3 is 5.97 Å². The summed E-state index contributed by atoms with van der Waals surface area (Å²) in [6.45, 7) is 12.0. The van der Waals surface area contributed by atoms with Gasteiger partial charge in [0.1, 0.15) is 0 Å².